The summed E-state index contributed by atoms with van der Waals surface area (Å²) in [7, 11) is 0. The Morgan fingerprint density at radius 2 is 1.24 bits per heavy atom. The predicted molar refractivity (Wildman–Crippen MR) is 88.4 cm³/mol. The van der Waals surface area contributed by atoms with Crippen LogP contribution in [0.1, 0.15) is 11.1 Å². The molecule has 0 N–H and O–H groups in total. The van der Waals surface area contributed by atoms with E-state index >= 15 is 0 Å². The molecular weight excluding hydrogens is 254 g/mol. The Labute approximate surface area is 123 Å². The Hall–Kier alpha value is -2.85. The molecular formula is C20H13N. The zero-order chi connectivity index (χ0) is 14.4. The average Bonchev–Trinajstić information content (AvgIpc) is 2.54. The van der Waals surface area contributed by atoms with Gasteiger partial charge in [-0.05, 0) is 51.4 Å². The molecule has 0 atom stereocenters. The number of hydrogen-bond donors (Lipinski definition) is 0. The van der Waals surface area contributed by atoms with Crippen LogP contribution in [0.4, 0.5) is 0 Å². The summed E-state index contributed by atoms with van der Waals surface area (Å²) >= 11 is 0. The number of nitrogens with zero attached hydrogens (tertiary/aromatic N) is 1. The molecule has 4 aromatic rings. The standard InChI is InChI=1S/C20H13N/c1-13-6-8-17-18-9-7-14(12-21)11-20(18)16-5-3-2-4-15(16)19(17)10-13/h2-11H,1H3. The monoisotopic (exact) mass is 267 g/mol. The predicted octanol–water partition coefficient (Wildman–Crippen LogP) is 5.33. The van der Waals surface area contributed by atoms with E-state index in [0.29, 0.717) is 5.56 Å². The lowest BCUT2D eigenvalue weighted by Crippen LogP contribution is -1.85. The quantitative estimate of drug-likeness (QED) is 0.395. The van der Waals surface area contributed by atoms with Gasteiger partial charge < -0.3 is 0 Å². The Morgan fingerprint density at radius 3 is 1.90 bits per heavy atom. The molecule has 0 amide bonds. The Balaban J connectivity index is 2.37. The van der Waals surface area contributed by atoms with E-state index in [1.54, 1.807) is 0 Å². The molecule has 0 spiro atoms. The van der Waals surface area contributed by atoms with Gasteiger partial charge in [-0.2, -0.15) is 5.26 Å². The van der Waals surface area contributed by atoms with Crippen molar-refractivity contribution in [2.24, 2.45) is 0 Å². The van der Waals surface area contributed by atoms with Gasteiger partial charge in [0.1, 0.15) is 0 Å². The van der Waals surface area contributed by atoms with Gasteiger partial charge in [0.15, 0.2) is 0 Å². The van der Waals surface area contributed by atoms with Gasteiger partial charge in [-0.15, -0.1) is 0 Å². The van der Waals surface area contributed by atoms with Gasteiger partial charge >= 0.3 is 0 Å². The number of nitriles is 1. The zero-order valence-electron chi connectivity index (χ0n) is 11.7. The number of hydrogen-bond acceptors (Lipinski definition) is 1. The molecule has 0 saturated carbocycles. The summed E-state index contributed by atoms with van der Waals surface area (Å²) in [6, 6.07) is 23.2. The third kappa shape index (κ3) is 1.70. The molecule has 0 saturated heterocycles. The molecule has 4 aromatic carbocycles. The van der Waals surface area contributed by atoms with Crippen molar-refractivity contribution in [1.29, 1.82) is 5.26 Å². The first-order valence-corrected chi connectivity index (χ1v) is 7.03. The van der Waals surface area contributed by atoms with Crippen LogP contribution in [0.25, 0.3) is 32.3 Å². The lowest BCUT2D eigenvalue weighted by molar-refractivity contribution is 1.50. The molecule has 21 heavy (non-hydrogen) atoms. The van der Waals surface area contributed by atoms with Gasteiger partial charge in [0.25, 0.3) is 0 Å². The summed E-state index contributed by atoms with van der Waals surface area (Å²) in [5.41, 5.74) is 1.97. The van der Waals surface area contributed by atoms with E-state index in [-0.39, 0.29) is 0 Å². The minimum atomic E-state index is 0.708. The molecule has 4 rings (SSSR count). The molecule has 0 aliphatic heterocycles. The number of fused-ring (bicyclic) bond motifs is 6. The van der Waals surface area contributed by atoms with Crippen molar-refractivity contribution in [3.8, 4) is 6.07 Å². The van der Waals surface area contributed by atoms with Crippen molar-refractivity contribution in [1.82, 2.24) is 0 Å². The third-order valence-corrected chi connectivity index (χ3v) is 4.12. The molecule has 0 aromatic heterocycles. The molecule has 0 aliphatic rings. The van der Waals surface area contributed by atoms with Crippen LogP contribution in [0, 0.1) is 18.3 Å². The summed E-state index contributed by atoms with van der Waals surface area (Å²) in [6.07, 6.45) is 0. The SMILES string of the molecule is Cc1ccc2c3ccc(C#N)cc3c3ccccc3c2c1. The highest BCUT2D eigenvalue weighted by atomic mass is 14.2. The summed E-state index contributed by atoms with van der Waals surface area (Å²) in [6.45, 7) is 2.12. The summed E-state index contributed by atoms with van der Waals surface area (Å²) in [5, 5.41) is 16.5. The number of benzene rings is 4. The second-order valence-electron chi connectivity index (χ2n) is 5.47. The van der Waals surface area contributed by atoms with Crippen molar-refractivity contribution in [2.75, 3.05) is 0 Å². The van der Waals surface area contributed by atoms with E-state index in [9.17, 15) is 0 Å². The summed E-state index contributed by atoms with van der Waals surface area (Å²) < 4.78 is 0. The van der Waals surface area contributed by atoms with Crippen molar-refractivity contribution in [2.45, 2.75) is 6.92 Å². The Morgan fingerprint density at radius 1 is 0.667 bits per heavy atom. The summed E-state index contributed by atoms with van der Waals surface area (Å²) in [4.78, 5) is 0. The van der Waals surface area contributed by atoms with Crippen LogP contribution in [0.3, 0.4) is 0 Å². The second kappa shape index (κ2) is 4.33. The fourth-order valence-electron chi connectivity index (χ4n) is 3.14. The van der Waals surface area contributed by atoms with Crippen LogP contribution < -0.4 is 0 Å². The van der Waals surface area contributed by atoms with E-state index in [2.05, 4.69) is 61.5 Å². The Kier molecular flexibility index (Phi) is 2.46. The van der Waals surface area contributed by atoms with Crippen LogP contribution in [0.5, 0.6) is 0 Å². The van der Waals surface area contributed by atoms with Crippen LogP contribution >= 0.6 is 0 Å². The maximum Gasteiger partial charge on any atom is 0.0991 e. The van der Waals surface area contributed by atoms with E-state index in [1.165, 1.54) is 32.5 Å². The molecule has 0 aliphatic carbocycles. The maximum absolute atomic E-state index is 9.17. The normalized spacial score (nSPS) is 11.0. The lowest BCUT2D eigenvalue weighted by Gasteiger charge is -2.11. The highest BCUT2D eigenvalue weighted by Crippen LogP contribution is 2.35. The van der Waals surface area contributed by atoms with Crippen LogP contribution in [0.15, 0.2) is 60.7 Å². The van der Waals surface area contributed by atoms with Crippen molar-refractivity contribution < 1.29 is 0 Å². The first-order valence-electron chi connectivity index (χ1n) is 7.03. The third-order valence-electron chi connectivity index (χ3n) is 4.12. The first kappa shape index (κ1) is 11.9. The van der Waals surface area contributed by atoms with E-state index < -0.39 is 0 Å². The van der Waals surface area contributed by atoms with Crippen LogP contribution in [0.2, 0.25) is 0 Å². The lowest BCUT2D eigenvalue weighted by atomic mass is 9.92. The highest BCUT2D eigenvalue weighted by molar-refractivity contribution is 6.25. The molecule has 1 heteroatoms. The minimum absolute atomic E-state index is 0.708. The number of rotatable bonds is 0. The van der Waals surface area contributed by atoms with Gasteiger partial charge in [-0.25, -0.2) is 0 Å². The van der Waals surface area contributed by atoms with E-state index in [0.717, 1.165) is 5.39 Å². The maximum atomic E-state index is 9.17. The van der Waals surface area contributed by atoms with Crippen molar-refractivity contribution >= 4 is 32.3 Å². The van der Waals surface area contributed by atoms with Gasteiger partial charge in [-0.1, -0.05) is 54.1 Å². The molecule has 0 unspecified atom stereocenters. The van der Waals surface area contributed by atoms with Gasteiger partial charge in [0.2, 0.25) is 0 Å². The average molecular weight is 267 g/mol. The van der Waals surface area contributed by atoms with Gasteiger partial charge in [0, 0.05) is 0 Å². The zero-order valence-corrected chi connectivity index (χ0v) is 11.7. The first-order chi connectivity index (χ1) is 10.3. The van der Waals surface area contributed by atoms with Crippen LogP contribution in [-0.4, -0.2) is 0 Å². The van der Waals surface area contributed by atoms with Crippen molar-refractivity contribution in [3.05, 3.63) is 71.8 Å². The van der Waals surface area contributed by atoms with Crippen LogP contribution in [-0.2, 0) is 0 Å². The largest absolute Gasteiger partial charge is 0.192 e. The van der Waals surface area contributed by atoms with Gasteiger partial charge in [0.05, 0.1) is 11.6 Å². The molecule has 0 fully saturated rings. The topological polar surface area (TPSA) is 23.8 Å². The fraction of sp³-hybridized carbons (Fsp3) is 0.0500. The Bertz CT molecular complexity index is 1030. The van der Waals surface area contributed by atoms with Crippen molar-refractivity contribution in [3.63, 3.8) is 0 Å². The molecule has 98 valence electrons. The highest BCUT2D eigenvalue weighted by Gasteiger charge is 2.08. The van der Waals surface area contributed by atoms with E-state index in [4.69, 9.17) is 5.26 Å². The number of aryl methyl sites for hydroxylation is 1. The summed E-state index contributed by atoms with van der Waals surface area (Å²) in [5.74, 6) is 0. The molecule has 0 heterocycles. The van der Waals surface area contributed by atoms with Gasteiger partial charge in [-0.3, -0.25) is 0 Å². The fourth-order valence-corrected chi connectivity index (χ4v) is 3.14. The molecule has 0 bridgehead atoms. The minimum Gasteiger partial charge on any atom is -0.192 e. The van der Waals surface area contributed by atoms with E-state index in [1.807, 2.05) is 12.1 Å². The molecule has 0 radical (unpaired) electrons. The second-order valence-corrected chi connectivity index (χ2v) is 5.47. The smallest absolute Gasteiger partial charge is 0.0991 e. The molecule has 1 nitrogen and oxygen atoms in total.